The van der Waals surface area contributed by atoms with Crippen molar-refractivity contribution in [2.24, 2.45) is 0 Å². The van der Waals surface area contributed by atoms with E-state index in [9.17, 15) is 13.2 Å². The van der Waals surface area contributed by atoms with Crippen molar-refractivity contribution in [1.29, 1.82) is 0 Å². The first-order valence-electron chi connectivity index (χ1n) is 4.70. The number of halogens is 4. The van der Waals surface area contributed by atoms with Crippen LogP contribution in [0.3, 0.4) is 0 Å². The molecule has 0 bridgehead atoms. The van der Waals surface area contributed by atoms with E-state index >= 15 is 0 Å². The summed E-state index contributed by atoms with van der Waals surface area (Å²) in [6.07, 6.45) is -5.09. The van der Waals surface area contributed by atoms with Crippen molar-refractivity contribution in [2.75, 3.05) is 0 Å². The second-order valence-corrected chi connectivity index (χ2v) is 4.58. The first-order valence-corrected chi connectivity index (χ1v) is 5.49. The zero-order valence-electron chi connectivity index (χ0n) is 8.45. The standard InChI is InChI=1S/C11H9BrF3N/c1-6-9(12)3-2-7-4-8(16-10(6)7)5-11(13,14)15/h2-4,16H,5H2,1H3. The van der Waals surface area contributed by atoms with Gasteiger partial charge in [-0.05, 0) is 30.0 Å². The van der Waals surface area contributed by atoms with E-state index in [0.717, 1.165) is 20.9 Å². The molecule has 5 heteroatoms. The van der Waals surface area contributed by atoms with E-state index in [1.807, 2.05) is 13.0 Å². The third kappa shape index (κ3) is 2.24. The van der Waals surface area contributed by atoms with Crippen LogP contribution >= 0.6 is 15.9 Å². The smallest absolute Gasteiger partial charge is 0.358 e. The number of aromatic nitrogens is 1. The summed E-state index contributed by atoms with van der Waals surface area (Å²) in [4.78, 5) is 2.81. The minimum absolute atomic E-state index is 0.198. The predicted octanol–water partition coefficient (Wildman–Crippen LogP) is 4.34. The second kappa shape index (κ2) is 3.80. The maximum Gasteiger partial charge on any atom is 0.394 e. The van der Waals surface area contributed by atoms with Crippen LogP contribution in [-0.4, -0.2) is 11.2 Å². The molecule has 0 fully saturated rings. The fourth-order valence-corrected chi connectivity index (χ4v) is 2.02. The fraction of sp³-hybridized carbons (Fsp3) is 0.273. The molecular formula is C11H9BrF3N. The highest BCUT2D eigenvalue weighted by atomic mass is 79.9. The molecule has 0 aliphatic carbocycles. The number of aromatic amines is 1. The third-order valence-corrected chi connectivity index (χ3v) is 3.30. The van der Waals surface area contributed by atoms with Crippen molar-refractivity contribution < 1.29 is 13.2 Å². The molecule has 0 radical (unpaired) electrons. The number of aryl methyl sites for hydroxylation is 1. The van der Waals surface area contributed by atoms with Crippen LogP contribution in [0.2, 0.25) is 0 Å². The number of benzene rings is 1. The Kier molecular flexibility index (Phi) is 2.74. The predicted molar refractivity (Wildman–Crippen MR) is 60.5 cm³/mol. The van der Waals surface area contributed by atoms with Crippen LogP contribution in [0.4, 0.5) is 13.2 Å². The molecule has 2 aromatic rings. The molecule has 0 atom stereocenters. The Morgan fingerprint density at radius 1 is 1.31 bits per heavy atom. The molecule has 0 aliphatic rings. The van der Waals surface area contributed by atoms with Crippen LogP contribution in [0, 0.1) is 6.92 Å². The number of hydrogen-bond donors (Lipinski definition) is 1. The summed E-state index contributed by atoms with van der Waals surface area (Å²) in [5, 5.41) is 0.806. The molecule has 0 saturated heterocycles. The SMILES string of the molecule is Cc1c(Br)ccc2cc(CC(F)(F)F)[nH]c12. The van der Waals surface area contributed by atoms with Gasteiger partial charge in [0.05, 0.1) is 6.42 Å². The molecular weight excluding hydrogens is 283 g/mol. The lowest BCUT2D eigenvalue weighted by Gasteiger charge is -2.03. The Labute approximate surface area is 98.8 Å². The van der Waals surface area contributed by atoms with Gasteiger partial charge in [0.15, 0.2) is 0 Å². The van der Waals surface area contributed by atoms with Crippen molar-refractivity contribution in [1.82, 2.24) is 4.98 Å². The maximum atomic E-state index is 12.2. The van der Waals surface area contributed by atoms with Gasteiger partial charge in [-0.2, -0.15) is 13.2 Å². The van der Waals surface area contributed by atoms with E-state index in [2.05, 4.69) is 20.9 Å². The van der Waals surface area contributed by atoms with E-state index in [1.54, 1.807) is 12.1 Å². The van der Waals surface area contributed by atoms with Gasteiger partial charge in [0.25, 0.3) is 0 Å². The Morgan fingerprint density at radius 2 is 2.00 bits per heavy atom. The highest BCUT2D eigenvalue weighted by Gasteiger charge is 2.28. The van der Waals surface area contributed by atoms with E-state index in [4.69, 9.17) is 0 Å². The molecule has 1 nitrogen and oxygen atoms in total. The Hall–Kier alpha value is -0.970. The molecule has 1 aromatic carbocycles. The van der Waals surface area contributed by atoms with Crippen molar-refractivity contribution in [3.8, 4) is 0 Å². The zero-order chi connectivity index (χ0) is 11.9. The lowest BCUT2D eigenvalue weighted by molar-refractivity contribution is -0.127. The average Bonchev–Trinajstić information content (AvgIpc) is 2.52. The van der Waals surface area contributed by atoms with Gasteiger partial charge in [-0.25, -0.2) is 0 Å². The van der Waals surface area contributed by atoms with Crippen LogP contribution in [0.5, 0.6) is 0 Å². The molecule has 2 rings (SSSR count). The average molecular weight is 292 g/mol. The first-order chi connectivity index (χ1) is 7.37. The lowest BCUT2D eigenvalue weighted by atomic mass is 10.2. The molecule has 0 spiro atoms. The van der Waals surface area contributed by atoms with Crippen LogP contribution in [0.25, 0.3) is 10.9 Å². The van der Waals surface area contributed by atoms with Gasteiger partial charge in [-0.15, -0.1) is 0 Å². The van der Waals surface area contributed by atoms with E-state index < -0.39 is 12.6 Å². The Balaban J connectivity index is 2.48. The highest BCUT2D eigenvalue weighted by Crippen LogP contribution is 2.28. The Morgan fingerprint density at radius 3 is 2.62 bits per heavy atom. The number of alkyl halides is 3. The first kappa shape index (κ1) is 11.5. The molecule has 1 aromatic heterocycles. The maximum absolute atomic E-state index is 12.2. The normalized spacial score (nSPS) is 12.3. The quantitative estimate of drug-likeness (QED) is 0.804. The van der Waals surface area contributed by atoms with Crippen molar-refractivity contribution in [3.63, 3.8) is 0 Å². The molecule has 0 saturated carbocycles. The number of rotatable bonds is 1. The van der Waals surface area contributed by atoms with Crippen molar-refractivity contribution in [3.05, 3.63) is 33.9 Å². The highest BCUT2D eigenvalue weighted by molar-refractivity contribution is 9.10. The monoisotopic (exact) mass is 291 g/mol. The fourth-order valence-electron chi connectivity index (χ4n) is 1.69. The summed E-state index contributed by atoms with van der Waals surface area (Å²) >= 11 is 3.34. The summed E-state index contributed by atoms with van der Waals surface area (Å²) in [7, 11) is 0. The molecule has 86 valence electrons. The van der Waals surface area contributed by atoms with Crippen molar-refractivity contribution in [2.45, 2.75) is 19.5 Å². The molecule has 0 amide bonds. The summed E-state index contributed by atoms with van der Waals surface area (Å²) < 4.78 is 37.6. The van der Waals surface area contributed by atoms with Crippen LogP contribution in [0.15, 0.2) is 22.7 Å². The minimum Gasteiger partial charge on any atom is -0.358 e. The number of nitrogens with one attached hydrogen (secondary N) is 1. The number of fused-ring (bicyclic) bond motifs is 1. The van der Waals surface area contributed by atoms with Gasteiger partial charge in [-0.3, -0.25) is 0 Å². The number of H-pyrrole nitrogens is 1. The Bertz CT molecular complexity index is 528. The lowest BCUT2D eigenvalue weighted by Crippen LogP contribution is -2.11. The van der Waals surface area contributed by atoms with Crippen molar-refractivity contribution >= 4 is 26.8 Å². The van der Waals surface area contributed by atoms with E-state index in [1.165, 1.54) is 0 Å². The van der Waals surface area contributed by atoms with Crippen LogP contribution in [-0.2, 0) is 6.42 Å². The second-order valence-electron chi connectivity index (χ2n) is 3.72. The minimum atomic E-state index is -4.17. The third-order valence-electron chi connectivity index (χ3n) is 2.44. The molecule has 1 heterocycles. The topological polar surface area (TPSA) is 15.8 Å². The summed E-state index contributed by atoms with van der Waals surface area (Å²) in [6.45, 7) is 1.86. The van der Waals surface area contributed by atoms with E-state index in [-0.39, 0.29) is 5.69 Å². The molecule has 16 heavy (non-hydrogen) atoms. The summed E-state index contributed by atoms with van der Waals surface area (Å²) in [6, 6.07) is 5.17. The molecule has 1 N–H and O–H groups in total. The van der Waals surface area contributed by atoms with Gasteiger partial charge in [0.1, 0.15) is 0 Å². The van der Waals surface area contributed by atoms with Gasteiger partial charge >= 0.3 is 6.18 Å². The largest absolute Gasteiger partial charge is 0.394 e. The van der Waals surface area contributed by atoms with Gasteiger partial charge in [0, 0.05) is 15.7 Å². The van der Waals surface area contributed by atoms with Gasteiger partial charge in [-0.1, -0.05) is 22.0 Å². The molecule has 0 aliphatic heterocycles. The van der Waals surface area contributed by atoms with Crippen LogP contribution in [0.1, 0.15) is 11.3 Å². The van der Waals surface area contributed by atoms with Gasteiger partial charge < -0.3 is 4.98 Å². The van der Waals surface area contributed by atoms with E-state index in [0.29, 0.717) is 0 Å². The summed E-state index contributed by atoms with van der Waals surface area (Å²) in [5.74, 6) is 0. The number of hydrogen-bond acceptors (Lipinski definition) is 0. The van der Waals surface area contributed by atoms with Gasteiger partial charge in [0.2, 0.25) is 0 Å². The van der Waals surface area contributed by atoms with Crippen LogP contribution < -0.4 is 0 Å². The zero-order valence-corrected chi connectivity index (χ0v) is 10.0. The summed E-state index contributed by atoms with van der Waals surface area (Å²) in [5.41, 5.74) is 1.88. The molecule has 0 unspecified atom stereocenters.